The number of benzene rings is 2. The number of Topliss-reactive ketones (excluding diaryl/α,β-unsaturated/α-hetero) is 1. The number of nitrogens with zero attached hydrogens (tertiary/aromatic N) is 3. The maximum absolute atomic E-state index is 15.3. The van der Waals surface area contributed by atoms with Crippen molar-refractivity contribution in [2.24, 2.45) is 16.7 Å². The van der Waals surface area contributed by atoms with Crippen molar-refractivity contribution in [2.45, 2.75) is 114 Å². The van der Waals surface area contributed by atoms with E-state index in [1.807, 2.05) is 0 Å². The molecule has 2 saturated carbocycles. The van der Waals surface area contributed by atoms with Crippen molar-refractivity contribution in [1.82, 2.24) is 14.9 Å². The van der Waals surface area contributed by atoms with E-state index in [0.717, 1.165) is 10.8 Å². The summed E-state index contributed by atoms with van der Waals surface area (Å²) in [7, 11) is 0. The number of rotatable bonds is 13. The molecule has 1 aromatic heterocycles. The van der Waals surface area contributed by atoms with E-state index in [4.69, 9.17) is 23.7 Å². The van der Waals surface area contributed by atoms with Crippen LogP contribution >= 0.6 is 0 Å². The third kappa shape index (κ3) is 8.23. The number of aliphatic hydroxyl groups is 5. The highest BCUT2D eigenvalue weighted by Crippen LogP contribution is 2.63. The smallest absolute Gasteiger partial charge is 0.456 e. The van der Waals surface area contributed by atoms with Crippen molar-refractivity contribution in [2.75, 3.05) is 13.2 Å². The van der Waals surface area contributed by atoms with Crippen LogP contribution in [0.4, 0.5) is 10.7 Å². The summed E-state index contributed by atoms with van der Waals surface area (Å²) < 4.78 is 30.0. The van der Waals surface area contributed by atoms with E-state index >= 15 is 4.79 Å². The van der Waals surface area contributed by atoms with E-state index in [2.05, 4.69) is 10.3 Å². The van der Waals surface area contributed by atoms with Gasteiger partial charge in [0.25, 0.3) is 0 Å². The number of fused-ring (bicyclic) bond motifs is 5. The Bertz CT molecular complexity index is 2410. The molecule has 1 amide bonds. The molecule has 1 saturated heterocycles. The topological polar surface area (TPSA) is 306 Å². The Hall–Kier alpha value is -6.10. The summed E-state index contributed by atoms with van der Waals surface area (Å²) in [5.41, 5.74) is -8.25. The Morgan fingerprint density at radius 3 is 2.27 bits per heavy atom. The van der Waals surface area contributed by atoms with Gasteiger partial charge in [-0.25, -0.2) is 19.0 Å². The minimum atomic E-state index is -2.47. The number of ketones is 1. The van der Waals surface area contributed by atoms with Crippen molar-refractivity contribution in [1.29, 1.82) is 0 Å². The van der Waals surface area contributed by atoms with Crippen LogP contribution in [0.5, 0.6) is 0 Å². The van der Waals surface area contributed by atoms with Crippen LogP contribution in [0, 0.1) is 26.9 Å². The monoisotopic (exact) mass is 920 g/mol. The predicted molar refractivity (Wildman–Crippen MR) is 224 cm³/mol. The molecule has 7 rings (SSSR count). The molecule has 354 valence electrons. The minimum Gasteiger partial charge on any atom is -0.456 e. The summed E-state index contributed by atoms with van der Waals surface area (Å²) in [6.07, 6.45) is -12.0. The lowest BCUT2D eigenvalue weighted by atomic mass is 9.44. The molecule has 10 unspecified atom stereocenters. The molecule has 0 radical (unpaired) electrons. The molecule has 66 heavy (non-hydrogen) atoms. The molecule has 2 heterocycles. The Morgan fingerprint density at radius 2 is 1.67 bits per heavy atom. The van der Waals surface area contributed by atoms with Gasteiger partial charge in [0.05, 0.1) is 29.7 Å². The number of aliphatic hydroxyl groups excluding tert-OH is 3. The minimum absolute atomic E-state index is 0.00739. The number of imidazole rings is 1. The Morgan fingerprint density at radius 1 is 1.02 bits per heavy atom. The van der Waals surface area contributed by atoms with Gasteiger partial charge in [0.15, 0.2) is 11.9 Å². The van der Waals surface area contributed by atoms with Gasteiger partial charge in [-0.2, -0.15) is 0 Å². The molecule has 3 fully saturated rings. The normalized spacial score (nSPS) is 31.2. The number of amides is 1. The van der Waals surface area contributed by atoms with Gasteiger partial charge >= 0.3 is 24.0 Å². The Labute approximate surface area is 377 Å². The zero-order valence-electron chi connectivity index (χ0n) is 36.6. The van der Waals surface area contributed by atoms with E-state index in [0.29, 0.717) is 5.56 Å². The molecule has 3 aromatic rings. The Kier molecular flexibility index (Phi) is 13.0. The van der Waals surface area contributed by atoms with Crippen molar-refractivity contribution >= 4 is 35.7 Å². The first kappa shape index (κ1) is 47.9. The lowest BCUT2D eigenvalue weighted by Gasteiger charge is -2.67. The van der Waals surface area contributed by atoms with Gasteiger partial charge in [-0.3, -0.25) is 9.59 Å². The number of ether oxygens (including phenoxy) is 5. The van der Waals surface area contributed by atoms with Crippen LogP contribution < -0.4 is 5.32 Å². The van der Waals surface area contributed by atoms with Crippen LogP contribution in [0.2, 0.25) is 0 Å². The largest absolute Gasteiger partial charge is 0.508 e. The average molecular weight is 921 g/mol. The van der Waals surface area contributed by atoms with Gasteiger partial charge in [0.2, 0.25) is 5.91 Å². The maximum Gasteiger partial charge on any atom is 0.508 e. The van der Waals surface area contributed by atoms with Crippen molar-refractivity contribution in [3.05, 3.63) is 105 Å². The maximum atomic E-state index is 15.3. The number of carbonyl (C=O) groups excluding carboxylic acids is 5. The van der Waals surface area contributed by atoms with Crippen LogP contribution in [0.3, 0.4) is 0 Å². The fourth-order valence-electron chi connectivity index (χ4n) is 10.3. The van der Waals surface area contributed by atoms with Crippen molar-refractivity contribution in [3.63, 3.8) is 0 Å². The van der Waals surface area contributed by atoms with Gasteiger partial charge in [-0.15, -0.1) is 0 Å². The fourth-order valence-corrected chi connectivity index (χ4v) is 10.3. The quantitative estimate of drug-likeness (QED) is 0.0467. The van der Waals surface area contributed by atoms with Crippen LogP contribution in [0.25, 0.3) is 0 Å². The highest BCUT2D eigenvalue weighted by molar-refractivity contribution is 5.94. The molecule has 4 aliphatic rings. The average Bonchev–Trinajstić information content (AvgIpc) is 3.74. The number of esters is 2. The zero-order chi connectivity index (χ0) is 48.1. The summed E-state index contributed by atoms with van der Waals surface area (Å²) in [4.78, 5) is 83.4. The molecule has 0 spiro atoms. The second kappa shape index (κ2) is 17.9. The fraction of sp³-hybridized carbons (Fsp3) is 0.511. The third-order valence-electron chi connectivity index (χ3n) is 13.8. The molecule has 2 bridgehead atoms. The standard InChI is InChI=1S/C45H52N4O17/c1-23-28(64-39(56)34(53)32(47-24(2)50)25-12-8-6-9-13-25)19-45(59)37(66-38(55)26-14-10-7-11-15-26)35-43(5,36(54)33(52)31(23)42(45,3)4)29(18-30-44(35,58)22-63-30)65-41(57)62-21-27(51)20-48-17-16-46-40(48)49(60)61/h6-17,27-30,32-35,37,51-53,58-59H,18-22H2,1-5H3,(H,47,50)/t27?,28?,29?,30?,32?,33?,34?,35?,37?,43-,44+,45?/m1/s1. The first-order chi connectivity index (χ1) is 31.1. The number of carbonyl (C=O) groups is 5. The molecule has 6 N–H and O–H groups in total. The van der Waals surface area contributed by atoms with Gasteiger partial charge < -0.3 is 64.6 Å². The molecule has 12 atom stereocenters. The summed E-state index contributed by atoms with van der Waals surface area (Å²) in [6.45, 7) is 5.29. The zero-order valence-corrected chi connectivity index (χ0v) is 36.6. The first-order valence-corrected chi connectivity index (χ1v) is 21.2. The van der Waals surface area contributed by atoms with E-state index < -0.39 is 144 Å². The Balaban J connectivity index is 1.28. The molecule has 21 nitrogen and oxygen atoms in total. The van der Waals surface area contributed by atoms with E-state index in [9.17, 15) is 54.8 Å². The highest BCUT2D eigenvalue weighted by atomic mass is 16.7. The van der Waals surface area contributed by atoms with E-state index in [-0.39, 0.29) is 23.1 Å². The number of hydrogen-bond donors (Lipinski definition) is 6. The second-order valence-electron chi connectivity index (χ2n) is 18.0. The molecular formula is C45H52N4O17. The third-order valence-corrected chi connectivity index (χ3v) is 13.8. The molecule has 3 aliphatic carbocycles. The SMILES string of the molecule is CC(=O)NC(c1ccccc1)C(O)C(=O)OC1CC2(O)C(OC(=O)c3ccccc3)C3[C@]4(O)COC4CC(OC(=O)OCC(O)Cn4ccnc4[N+](=O)[O-])[C@@]3(C)C(=O)C(O)C(=C1C)C2(C)C. The summed E-state index contributed by atoms with van der Waals surface area (Å²) >= 11 is 0. The predicted octanol–water partition coefficient (Wildman–Crippen LogP) is 1.63. The van der Waals surface area contributed by atoms with E-state index in [1.165, 1.54) is 52.9 Å². The van der Waals surface area contributed by atoms with Gasteiger partial charge in [0, 0.05) is 31.1 Å². The number of nitro groups is 1. The van der Waals surface area contributed by atoms with Crippen LogP contribution in [-0.2, 0) is 44.6 Å². The van der Waals surface area contributed by atoms with Crippen molar-refractivity contribution in [3.8, 4) is 0 Å². The highest BCUT2D eigenvalue weighted by Gasteiger charge is 2.77. The molecule has 2 aromatic carbocycles. The number of nitrogens with one attached hydrogen (secondary N) is 1. The number of aromatic nitrogens is 2. The second-order valence-corrected chi connectivity index (χ2v) is 18.0. The van der Waals surface area contributed by atoms with Crippen LogP contribution in [0.1, 0.15) is 69.4 Å². The van der Waals surface area contributed by atoms with E-state index in [1.54, 1.807) is 48.5 Å². The van der Waals surface area contributed by atoms with Crippen LogP contribution in [-0.4, -0.2) is 137 Å². The summed E-state index contributed by atoms with van der Waals surface area (Å²) in [5.74, 6) is -6.21. The lowest BCUT2D eigenvalue weighted by Crippen LogP contribution is -2.81. The molecule has 21 heteroatoms. The summed E-state index contributed by atoms with van der Waals surface area (Å²) in [5, 5.41) is 74.5. The van der Waals surface area contributed by atoms with Crippen molar-refractivity contribution < 1.29 is 78.1 Å². The lowest BCUT2D eigenvalue weighted by molar-refractivity contribution is -0.397. The van der Waals surface area contributed by atoms with Gasteiger partial charge in [-0.05, 0) is 47.6 Å². The molecular weight excluding hydrogens is 869 g/mol. The van der Waals surface area contributed by atoms with Gasteiger partial charge in [0.1, 0.15) is 67.3 Å². The summed E-state index contributed by atoms with van der Waals surface area (Å²) in [6, 6.07) is 14.4. The van der Waals surface area contributed by atoms with Crippen LogP contribution in [0.15, 0.2) is 84.2 Å². The number of hydrogen-bond acceptors (Lipinski definition) is 18. The first-order valence-electron chi connectivity index (χ1n) is 21.2. The van der Waals surface area contributed by atoms with Gasteiger partial charge in [-0.1, -0.05) is 67.4 Å². The molecule has 1 aliphatic heterocycles.